The number of hydrogen-bond acceptors (Lipinski definition) is 3. The largest absolute Gasteiger partial charge is 0.496 e. The lowest BCUT2D eigenvalue weighted by Crippen LogP contribution is -2.43. The molecule has 1 aromatic carbocycles. The Bertz CT molecular complexity index is 590. The van der Waals surface area contributed by atoms with Crippen molar-refractivity contribution in [3.05, 3.63) is 29.8 Å². The SMILES string of the molecule is COc1ccccc1CCNC(=O)C1CCN(C(=O)C2CC2)CC1. The highest BCUT2D eigenvalue weighted by atomic mass is 16.5. The fourth-order valence-corrected chi connectivity index (χ4v) is 3.32. The Kier molecular flexibility index (Phi) is 5.38. The number of piperidine rings is 1. The minimum atomic E-state index is 0.0333. The van der Waals surface area contributed by atoms with E-state index in [1.54, 1.807) is 7.11 Å². The van der Waals surface area contributed by atoms with E-state index in [1.807, 2.05) is 29.2 Å². The number of likely N-dealkylation sites (tertiary alicyclic amines) is 1. The number of nitrogens with zero attached hydrogens (tertiary/aromatic N) is 1. The van der Waals surface area contributed by atoms with Gasteiger partial charge in [-0.1, -0.05) is 18.2 Å². The van der Waals surface area contributed by atoms with Crippen LogP contribution in [0.1, 0.15) is 31.2 Å². The van der Waals surface area contributed by atoms with Gasteiger partial charge in [-0.2, -0.15) is 0 Å². The third kappa shape index (κ3) is 4.08. The molecule has 1 N–H and O–H groups in total. The highest BCUT2D eigenvalue weighted by Crippen LogP contribution is 2.32. The zero-order valence-corrected chi connectivity index (χ0v) is 14.3. The van der Waals surface area contributed by atoms with Gasteiger partial charge in [-0.05, 0) is 43.7 Å². The average Bonchev–Trinajstić information content (AvgIpc) is 3.46. The molecular formula is C19H26N2O3. The maximum atomic E-state index is 12.3. The van der Waals surface area contributed by atoms with E-state index in [-0.39, 0.29) is 17.7 Å². The van der Waals surface area contributed by atoms with Crippen molar-refractivity contribution in [1.82, 2.24) is 10.2 Å². The zero-order valence-electron chi connectivity index (χ0n) is 14.3. The highest BCUT2D eigenvalue weighted by molar-refractivity contribution is 5.82. The summed E-state index contributed by atoms with van der Waals surface area (Å²) < 4.78 is 5.33. The van der Waals surface area contributed by atoms with Crippen LogP contribution in [0.5, 0.6) is 5.75 Å². The summed E-state index contributed by atoms with van der Waals surface area (Å²) >= 11 is 0. The topological polar surface area (TPSA) is 58.6 Å². The lowest BCUT2D eigenvalue weighted by molar-refractivity contribution is -0.136. The maximum absolute atomic E-state index is 12.3. The maximum Gasteiger partial charge on any atom is 0.225 e. The van der Waals surface area contributed by atoms with Gasteiger partial charge in [-0.15, -0.1) is 0 Å². The van der Waals surface area contributed by atoms with Crippen LogP contribution in [0.2, 0.25) is 0 Å². The van der Waals surface area contributed by atoms with Crippen LogP contribution in [0, 0.1) is 11.8 Å². The number of carbonyl (C=O) groups is 2. The first-order chi connectivity index (χ1) is 11.7. The van der Waals surface area contributed by atoms with E-state index in [0.29, 0.717) is 12.5 Å². The summed E-state index contributed by atoms with van der Waals surface area (Å²) in [6, 6.07) is 7.88. The Morgan fingerprint density at radius 1 is 1.12 bits per heavy atom. The number of para-hydroxylation sites is 1. The Labute approximate surface area is 143 Å². The summed E-state index contributed by atoms with van der Waals surface area (Å²) in [5, 5.41) is 3.03. The van der Waals surface area contributed by atoms with Gasteiger partial charge in [0.2, 0.25) is 11.8 Å². The molecule has 24 heavy (non-hydrogen) atoms. The second-order valence-corrected chi connectivity index (χ2v) is 6.73. The minimum Gasteiger partial charge on any atom is -0.496 e. The van der Waals surface area contributed by atoms with E-state index in [4.69, 9.17) is 4.74 Å². The van der Waals surface area contributed by atoms with E-state index in [9.17, 15) is 9.59 Å². The van der Waals surface area contributed by atoms with E-state index in [1.165, 1.54) is 0 Å². The molecule has 1 heterocycles. The molecule has 1 aliphatic carbocycles. The second-order valence-electron chi connectivity index (χ2n) is 6.73. The summed E-state index contributed by atoms with van der Waals surface area (Å²) in [4.78, 5) is 26.3. The number of hydrogen-bond donors (Lipinski definition) is 1. The summed E-state index contributed by atoms with van der Waals surface area (Å²) in [7, 11) is 1.66. The zero-order chi connectivity index (χ0) is 16.9. The number of carbonyl (C=O) groups excluding carboxylic acids is 2. The molecule has 5 nitrogen and oxygen atoms in total. The molecule has 5 heteroatoms. The molecule has 2 amide bonds. The summed E-state index contributed by atoms with van der Waals surface area (Å²) in [6.45, 7) is 2.06. The predicted octanol–water partition coefficient (Wildman–Crippen LogP) is 2.00. The van der Waals surface area contributed by atoms with Gasteiger partial charge in [-0.25, -0.2) is 0 Å². The van der Waals surface area contributed by atoms with Crippen LogP contribution in [0.4, 0.5) is 0 Å². The molecule has 130 valence electrons. The quantitative estimate of drug-likeness (QED) is 0.868. The molecular weight excluding hydrogens is 304 g/mol. The molecule has 0 radical (unpaired) electrons. The monoisotopic (exact) mass is 330 g/mol. The molecule has 2 aliphatic rings. The van der Waals surface area contributed by atoms with Crippen molar-refractivity contribution in [2.75, 3.05) is 26.7 Å². The predicted molar refractivity (Wildman–Crippen MR) is 91.7 cm³/mol. The number of rotatable bonds is 6. The highest BCUT2D eigenvalue weighted by Gasteiger charge is 2.35. The van der Waals surface area contributed by atoms with Crippen molar-refractivity contribution in [1.29, 1.82) is 0 Å². The summed E-state index contributed by atoms with van der Waals surface area (Å²) in [5.41, 5.74) is 1.10. The van der Waals surface area contributed by atoms with Crippen LogP contribution >= 0.6 is 0 Å². The van der Waals surface area contributed by atoms with Crippen LogP contribution in [0.15, 0.2) is 24.3 Å². The molecule has 0 spiro atoms. The van der Waals surface area contributed by atoms with E-state index in [2.05, 4.69) is 5.32 Å². The lowest BCUT2D eigenvalue weighted by Gasteiger charge is -2.31. The molecule has 2 fully saturated rings. The second kappa shape index (κ2) is 7.69. The summed E-state index contributed by atoms with van der Waals surface area (Å²) in [6.07, 6.45) is 4.40. The van der Waals surface area contributed by atoms with Gasteiger partial charge >= 0.3 is 0 Å². The van der Waals surface area contributed by atoms with Crippen LogP contribution in [0.25, 0.3) is 0 Å². The van der Waals surface area contributed by atoms with Crippen LogP contribution in [0.3, 0.4) is 0 Å². The fraction of sp³-hybridized carbons (Fsp3) is 0.579. The van der Waals surface area contributed by atoms with Crippen LogP contribution in [-0.2, 0) is 16.0 Å². The number of benzene rings is 1. The van der Waals surface area contributed by atoms with Gasteiger partial charge in [0.25, 0.3) is 0 Å². The molecule has 0 aromatic heterocycles. The van der Waals surface area contributed by atoms with Gasteiger partial charge in [0.15, 0.2) is 0 Å². The van der Waals surface area contributed by atoms with Gasteiger partial charge < -0.3 is 15.0 Å². The van der Waals surface area contributed by atoms with Gasteiger partial charge in [0.1, 0.15) is 5.75 Å². The number of nitrogens with one attached hydrogen (secondary N) is 1. The van der Waals surface area contributed by atoms with E-state index >= 15 is 0 Å². The van der Waals surface area contributed by atoms with Gasteiger partial charge in [0.05, 0.1) is 7.11 Å². The normalized spacial score (nSPS) is 18.3. The Hall–Kier alpha value is -2.04. The van der Waals surface area contributed by atoms with Crippen molar-refractivity contribution in [2.45, 2.75) is 32.1 Å². The lowest BCUT2D eigenvalue weighted by atomic mass is 9.95. The van der Waals surface area contributed by atoms with Crippen molar-refractivity contribution in [2.24, 2.45) is 11.8 Å². The molecule has 0 atom stereocenters. The van der Waals surface area contributed by atoms with Crippen molar-refractivity contribution in [3.63, 3.8) is 0 Å². The molecule has 1 aromatic rings. The molecule has 1 saturated heterocycles. The first-order valence-corrected chi connectivity index (χ1v) is 8.87. The third-order valence-corrected chi connectivity index (χ3v) is 4.99. The standard InChI is InChI=1S/C19H26N2O3/c1-24-17-5-3-2-4-14(17)8-11-20-18(22)15-9-12-21(13-10-15)19(23)16-6-7-16/h2-5,15-16H,6-13H2,1H3,(H,20,22). The van der Waals surface area contributed by atoms with E-state index in [0.717, 1.165) is 56.5 Å². The third-order valence-electron chi connectivity index (χ3n) is 4.99. The molecule has 0 bridgehead atoms. The molecule has 3 rings (SSSR count). The Morgan fingerprint density at radius 3 is 2.50 bits per heavy atom. The van der Waals surface area contributed by atoms with Gasteiger partial charge in [-0.3, -0.25) is 9.59 Å². The van der Waals surface area contributed by atoms with E-state index < -0.39 is 0 Å². The Balaban J connectivity index is 1.40. The van der Waals surface area contributed by atoms with Crippen LogP contribution < -0.4 is 10.1 Å². The van der Waals surface area contributed by atoms with Crippen molar-refractivity contribution < 1.29 is 14.3 Å². The average molecular weight is 330 g/mol. The number of methoxy groups -OCH3 is 1. The van der Waals surface area contributed by atoms with Gasteiger partial charge in [0, 0.05) is 31.5 Å². The first-order valence-electron chi connectivity index (χ1n) is 8.87. The van der Waals surface area contributed by atoms with Crippen LogP contribution in [-0.4, -0.2) is 43.5 Å². The Morgan fingerprint density at radius 2 is 1.83 bits per heavy atom. The first kappa shape index (κ1) is 16.8. The fourth-order valence-electron chi connectivity index (χ4n) is 3.32. The van der Waals surface area contributed by atoms with Crippen molar-refractivity contribution in [3.8, 4) is 5.75 Å². The number of amides is 2. The van der Waals surface area contributed by atoms with Crippen molar-refractivity contribution >= 4 is 11.8 Å². The smallest absolute Gasteiger partial charge is 0.225 e. The molecule has 1 saturated carbocycles. The minimum absolute atomic E-state index is 0.0333. The summed E-state index contributed by atoms with van der Waals surface area (Å²) in [5.74, 6) is 1.58. The number of ether oxygens (including phenoxy) is 1. The molecule has 0 unspecified atom stereocenters. The molecule has 1 aliphatic heterocycles.